The van der Waals surface area contributed by atoms with Crippen LogP contribution < -0.4 is 5.32 Å². The van der Waals surface area contributed by atoms with E-state index < -0.39 is 17.9 Å². The van der Waals surface area contributed by atoms with E-state index in [9.17, 15) is 9.59 Å². The standard InChI is InChI=1S/C13H17NO4S/c15-12(5-1-3-9-4-2-6-19-9)14-11-8-18-7-10(11)13(16)17/h2,4,6,10-11H,1,3,5,7-8H2,(H,14,15)(H,16,17). The highest BCUT2D eigenvalue weighted by atomic mass is 32.1. The molecule has 2 atom stereocenters. The monoisotopic (exact) mass is 283 g/mol. The number of nitrogens with one attached hydrogen (secondary N) is 1. The molecule has 2 N–H and O–H groups in total. The number of carboxylic acid groups (broad SMARTS) is 1. The molecule has 1 aromatic rings. The van der Waals surface area contributed by atoms with Crippen molar-refractivity contribution in [2.45, 2.75) is 25.3 Å². The summed E-state index contributed by atoms with van der Waals surface area (Å²) in [6, 6.07) is 3.65. The molecule has 6 heteroatoms. The zero-order valence-electron chi connectivity index (χ0n) is 10.5. The number of thiophene rings is 1. The van der Waals surface area contributed by atoms with E-state index in [4.69, 9.17) is 9.84 Å². The first-order valence-electron chi connectivity index (χ1n) is 6.29. The van der Waals surface area contributed by atoms with Crippen molar-refractivity contribution in [1.29, 1.82) is 0 Å². The fourth-order valence-corrected chi connectivity index (χ4v) is 2.85. The van der Waals surface area contributed by atoms with Crippen molar-refractivity contribution in [2.75, 3.05) is 13.2 Å². The van der Waals surface area contributed by atoms with Gasteiger partial charge in [0.2, 0.25) is 5.91 Å². The van der Waals surface area contributed by atoms with Crippen LogP contribution in [0.1, 0.15) is 17.7 Å². The molecule has 2 unspecified atom stereocenters. The molecule has 0 saturated carbocycles. The number of ether oxygens (including phenoxy) is 1. The van der Waals surface area contributed by atoms with E-state index in [0.29, 0.717) is 6.42 Å². The van der Waals surface area contributed by atoms with Crippen LogP contribution in [-0.2, 0) is 20.7 Å². The summed E-state index contributed by atoms with van der Waals surface area (Å²) in [6.45, 7) is 0.461. The zero-order chi connectivity index (χ0) is 13.7. The minimum atomic E-state index is -0.915. The Hall–Kier alpha value is -1.40. The van der Waals surface area contributed by atoms with Crippen LogP contribution in [0.5, 0.6) is 0 Å². The molecule has 2 rings (SSSR count). The minimum absolute atomic E-state index is 0.0988. The van der Waals surface area contributed by atoms with E-state index in [1.165, 1.54) is 4.88 Å². The van der Waals surface area contributed by atoms with Crippen LogP contribution in [0.2, 0.25) is 0 Å². The third-order valence-corrected chi connectivity index (χ3v) is 4.09. The van der Waals surface area contributed by atoms with Crippen LogP contribution in [0.15, 0.2) is 17.5 Å². The molecule has 19 heavy (non-hydrogen) atoms. The number of carboxylic acids is 1. The first-order chi connectivity index (χ1) is 9.16. The average Bonchev–Trinajstić information content (AvgIpc) is 2.99. The number of hydrogen-bond acceptors (Lipinski definition) is 4. The Bertz CT molecular complexity index is 432. The molecular weight excluding hydrogens is 266 g/mol. The van der Waals surface area contributed by atoms with Crippen molar-refractivity contribution in [2.24, 2.45) is 5.92 Å². The Morgan fingerprint density at radius 3 is 3.00 bits per heavy atom. The van der Waals surface area contributed by atoms with Gasteiger partial charge in [-0.1, -0.05) is 6.07 Å². The summed E-state index contributed by atoms with van der Waals surface area (Å²) in [6.07, 6.45) is 2.08. The van der Waals surface area contributed by atoms with Crippen molar-refractivity contribution in [3.8, 4) is 0 Å². The van der Waals surface area contributed by atoms with E-state index in [-0.39, 0.29) is 19.1 Å². The predicted octanol–water partition coefficient (Wildman–Crippen LogP) is 1.29. The molecule has 1 aliphatic rings. The van der Waals surface area contributed by atoms with Gasteiger partial charge in [0.05, 0.1) is 19.3 Å². The lowest BCUT2D eigenvalue weighted by Crippen LogP contribution is -2.42. The molecule has 0 aromatic carbocycles. The minimum Gasteiger partial charge on any atom is -0.481 e. The van der Waals surface area contributed by atoms with E-state index in [2.05, 4.69) is 5.32 Å². The van der Waals surface area contributed by atoms with Gasteiger partial charge in [-0.2, -0.15) is 0 Å². The fourth-order valence-electron chi connectivity index (χ4n) is 2.10. The van der Waals surface area contributed by atoms with Gasteiger partial charge in [0.25, 0.3) is 0 Å². The quantitative estimate of drug-likeness (QED) is 0.825. The Balaban J connectivity index is 1.70. The van der Waals surface area contributed by atoms with Crippen LogP contribution >= 0.6 is 11.3 Å². The molecule has 1 aromatic heterocycles. The molecule has 1 saturated heterocycles. The SMILES string of the molecule is O=C(CCCc1cccs1)NC1COCC1C(=O)O. The van der Waals surface area contributed by atoms with Gasteiger partial charge in [0.15, 0.2) is 0 Å². The van der Waals surface area contributed by atoms with Crippen LogP contribution in [0, 0.1) is 5.92 Å². The Morgan fingerprint density at radius 1 is 1.47 bits per heavy atom. The maximum Gasteiger partial charge on any atom is 0.311 e. The lowest BCUT2D eigenvalue weighted by Gasteiger charge is -2.15. The molecule has 1 fully saturated rings. The van der Waals surface area contributed by atoms with E-state index in [1.807, 2.05) is 17.5 Å². The summed E-state index contributed by atoms with van der Waals surface area (Å²) in [5.74, 6) is -1.64. The number of aliphatic carboxylic acids is 1. The summed E-state index contributed by atoms with van der Waals surface area (Å²) < 4.78 is 5.10. The molecule has 0 spiro atoms. The summed E-state index contributed by atoms with van der Waals surface area (Å²) in [7, 11) is 0. The Kier molecular flexibility index (Phi) is 4.93. The van der Waals surface area contributed by atoms with Gasteiger partial charge in [-0.25, -0.2) is 0 Å². The normalized spacial score (nSPS) is 22.3. The molecule has 0 aliphatic carbocycles. The fraction of sp³-hybridized carbons (Fsp3) is 0.538. The highest BCUT2D eigenvalue weighted by Crippen LogP contribution is 2.15. The average molecular weight is 283 g/mol. The summed E-state index contributed by atoms with van der Waals surface area (Å²) in [4.78, 5) is 23.9. The summed E-state index contributed by atoms with van der Waals surface area (Å²) in [5, 5.41) is 13.7. The molecule has 1 amide bonds. The number of carbonyl (C=O) groups excluding carboxylic acids is 1. The van der Waals surface area contributed by atoms with Gasteiger partial charge >= 0.3 is 5.97 Å². The Morgan fingerprint density at radius 2 is 2.32 bits per heavy atom. The third kappa shape index (κ3) is 4.04. The van der Waals surface area contributed by atoms with Crippen LogP contribution in [0.25, 0.3) is 0 Å². The predicted molar refractivity (Wildman–Crippen MR) is 71.1 cm³/mol. The topological polar surface area (TPSA) is 75.6 Å². The number of amides is 1. The van der Waals surface area contributed by atoms with Crippen molar-refractivity contribution in [1.82, 2.24) is 5.32 Å². The van der Waals surface area contributed by atoms with Crippen LogP contribution in [0.3, 0.4) is 0 Å². The molecule has 104 valence electrons. The highest BCUT2D eigenvalue weighted by Gasteiger charge is 2.34. The molecule has 1 aliphatic heterocycles. The third-order valence-electron chi connectivity index (χ3n) is 3.15. The summed E-state index contributed by atoms with van der Waals surface area (Å²) in [5.41, 5.74) is 0. The number of hydrogen-bond donors (Lipinski definition) is 2. The Labute approximate surface area is 115 Å². The van der Waals surface area contributed by atoms with Gasteiger partial charge in [-0.05, 0) is 24.3 Å². The zero-order valence-corrected chi connectivity index (χ0v) is 11.3. The van der Waals surface area contributed by atoms with Crippen molar-refractivity contribution >= 4 is 23.2 Å². The second-order valence-electron chi connectivity index (χ2n) is 4.59. The maximum atomic E-state index is 11.7. The molecule has 5 nitrogen and oxygen atoms in total. The maximum absolute atomic E-state index is 11.7. The van der Waals surface area contributed by atoms with Gasteiger partial charge in [-0.3, -0.25) is 9.59 Å². The first kappa shape index (κ1) is 14.0. The van der Waals surface area contributed by atoms with E-state index in [0.717, 1.165) is 12.8 Å². The number of carbonyl (C=O) groups is 2. The highest BCUT2D eigenvalue weighted by molar-refractivity contribution is 7.09. The van der Waals surface area contributed by atoms with Crippen molar-refractivity contribution in [3.05, 3.63) is 22.4 Å². The van der Waals surface area contributed by atoms with Gasteiger partial charge < -0.3 is 15.2 Å². The van der Waals surface area contributed by atoms with Crippen molar-refractivity contribution < 1.29 is 19.4 Å². The van der Waals surface area contributed by atoms with Gasteiger partial charge in [0, 0.05) is 11.3 Å². The van der Waals surface area contributed by atoms with E-state index >= 15 is 0 Å². The first-order valence-corrected chi connectivity index (χ1v) is 7.17. The summed E-state index contributed by atoms with van der Waals surface area (Å²) >= 11 is 1.68. The second-order valence-corrected chi connectivity index (χ2v) is 5.62. The number of rotatable bonds is 6. The largest absolute Gasteiger partial charge is 0.481 e. The van der Waals surface area contributed by atoms with Crippen LogP contribution in [0.4, 0.5) is 0 Å². The molecular formula is C13H17NO4S. The smallest absolute Gasteiger partial charge is 0.311 e. The lowest BCUT2D eigenvalue weighted by atomic mass is 10.0. The second kappa shape index (κ2) is 6.68. The number of aryl methyl sites for hydroxylation is 1. The van der Waals surface area contributed by atoms with Crippen LogP contribution in [-0.4, -0.2) is 36.2 Å². The molecule has 0 radical (unpaired) electrons. The molecule has 0 bridgehead atoms. The van der Waals surface area contributed by atoms with Crippen molar-refractivity contribution in [3.63, 3.8) is 0 Å². The van der Waals surface area contributed by atoms with Gasteiger partial charge in [0.1, 0.15) is 5.92 Å². The lowest BCUT2D eigenvalue weighted by molar-refractivity contribution is -0.142. The van der Waals surface area contributed by atoms with Gasteiger partial charge in [-0.15, -0.1) is 11.3 Å². The molecule has 2 heterocycles. The van der Waals surface area contributed by atoms with E-state index in [1.54, 1.807) is 11.3 Å².